The van der Waals surface area contributed by atoms with Crippen molar-refractivity contribution >= 4 is 12.1 Å². The van der Waals surface area contributed by atoms with E-state index in [9.17, 15) is 9.59 Å². The van der Waals surface area contributed by atoms with Crippen molar-refractivity contribution in [3.8, 4) is 0 Å². The summed E-state index contributed by atoms with van der Waals surface area (Å²) in [6.07, 6.45) is 0.704. The quantitative estimate of drug-likeness (QED) is 0.716. The zero-order valence-corrected chi connectivity index (χ0v) is 9.35. The lowest BCUT2D eigenvalue weighted by Gasteiger charge is -2.29. The number of piperidine rings is 1. The van der Waals surface area contributed by atoms with Gasteiger partial charge in [0.2, 0.25) is 0 Å². The first kappa shape index (κ1) is 12.8. The Bertz CT molecular complexity index is 248. The molecule has 6 heteroatoms. The van der Waals surface area contributed by atoms with E-state index in [-0.39, 0.29) is 12.6 Å². The van der Waals surface area contributed by atoms with Crippen LogP contribution in [0.5, 0.6) is 0 Å². The minimum atomic E-state index is -0.867. The molecule has 0 saturated carbocycles. The van der Waals surface area contributed by atoms with Crippen LogP contribution in [0.1, 0.15) is 12.8 Å². The van der Waals surface area contributed by atoms with Crippen molar-refractivity contribution in [3.05, 3.63) is 0 Å². The van der Waals surface area contributed by atoms with E-state index in [0.29, 0.717) is 25.6 Å². The fourth-order valence-electron chi connectivity index (χ4n) is 1.66. The summed E-state index contributed by atoms with van der Waals surface area (Å²) in [5.41, 5.74) is 0. The molecule has 0 unspecified atom stereocenters. The first-order valence-corrected chi connectivity index (χ1v) is 5.26. The molecule has 0 bridgehead atoms. The van der Waals surface area contributed by atoms with E-state index in [1.165, 1.54) is 12.0 Å². The standard InChI is InChI=1S/C10H17NO5/c1-15-9(12)7-16-6-8-2-4-11(5-3-8)10(13)14/h8H,2-7H2,1H3,(H,13,14). The Labute approximate surface area is 94.1 Å². The highest BCUT2D eigenvalue weighted by molar-refractivity contribution is 5.70. The number of carboxylic acid groups (broad SMARTS) is 1. The van der Waals surface area contributed by atoms with E-state index in [0.717, 1.165) is 12.8 Å². The number of carbonyl (C=O) groups excluding carboxylic acids is 1. The highest BCUT2D eigenvalue weighted by Gasteiger charge is 2.22. The average molecular weight is 231 g/mol. The van der Waals surface area contributed by atoms with Gasteiger partial charge in [-0.05, 0) is 18.8 Å². The smallest absolute Gasteiger partial charge is 0.407 e. The lowest BCUT2D eigenvalue weighted by molar-refractivity contribution is -0.146. The van der Waals surface area contributed by atoms with E-state index in [4.69, 9.17) is 9.84 Å². The topological polar surface area (TPSA) is 76.1 Å². The van der Waals surface area contributed by atoms with Crippen LogP contribution in [0, 0.1) is 5.92 Å². The Morgan fingerprint density at radius 2 is 2.00 bits per heavy atom. The summed E-state index contributed by atoms with van der Waals surface area (Å²) in [7, 11) is 1.32. The predicted octanol–water partition coefficient (Wildman–Crippen LogP) is 0.566. The van der Waals surface area contributed by atoms with E-state index in [2.05, 4.69) is 4.74 Å². The molecule has 0 spiro atoms. The second-order valence-corrected chi connectivity index (χ2v) is 3.80. The fourth-order valence-corrected chi connectivity index (χ4v) is 1.66. The summed E-state index contributed by atoms with van der Waals surface area (Å²) >= 11 is 0. The molecule has 1 saturated heterocycles. The van der Waals surface area contributed by atoms with Crippen LogP contribution in [0.15, 0.2) is 0 Å². The van der Waals surface area contributed by atoms with Gasteiger partial charge >= 0.3 is 12.1 Å². The third-order valence-corrected chi connectivity index (χ3v) is 2.69. The van der Waals surface area contributed by atoms with Gasteiger partial charge in [0, 0.05) is 13.1 Å². The predicted molar refractivity (Wildman–Crippen MR) is 55.2 cm³/mol. The molecule has 0 aliphatic carbocycles. The molecule has 1 amide bonds. The summed E-state index contributed by atoms with van der Waals surface area (Å²) in [4.78, 5) is 22.8. The maximum absolute atomic E-state index is 10.8. The molecule has 6 nitrogen and oxygen atoms in total. The maximum atomic E-state index is 10.8. The molecule has 1 fully saturated rings. The lowest BCUT2D eigenvalue weighted by atomic mass is 9.98. The molecule has 1 N–H and O–H groups in total. The molecule has 1 rings (SSSR count). The van der Waals surface area contributed by atoms with Crippen LogP contribution < -0.4 is 0 Å². The van der Waals surface area contributed by atoms with Gasteiger partial charge in [0.25, 0.3) is 0 Å². The zero-order chi connectivity index (χ0) is 12.0. The molecule has 1 aliphatic rings. The summed E-state index contributed by atoms with van der Waals surface area (Å²) in [5, 5.41) is 8.74. The van der Waals surface area contributed by atoms with Crippen molar-refractivity contribution < 1.29 is 24.2 Å². The Hall–Kier alpha value is -1.30. The molecule has 92 valence electrons. The van der Waals surface area contributed by atoms with Gasteiger partial charge in [-0.3, -0.25) is 0 Å². The number of hydrogen-bond donors (Lipinski definition) is 1. The normalized spacial score (nSPS) is 17.2. The van der Waals surface area contributed by atoms with Crippen molar-refractivity contribution in [1.29, 1.82) is 0 Å². The van der Waals surface area contributed by atoms with Crippen LogP contribution >= 0.6 is 0 Å². The number of rotatable bonds is 4. The first-order chi connectivity index (χ1) is 7.63. The largest absolute Gasteiger partial charge is 0.467 e. The van der Waals surface area contributed by atoms with Gasteiger partial charge in [0.15, 0.2) is 0 Å². The van der Waals surface area contributed by atoms with E-state index >= 15 is 0 Å². The van der Waals surface area contributed by atoms with Crippen molar-refractivity contribution in [1.82, 2.24) is 4.90 Å². The molecule has 1 heterocycles. The highest BCUT2D eigenvalue weighted by Crippen LogP contribution is 2.17. The maximum Gasteiger partial charge on any atom is 0.407 e. The van der Waals surface area contributed by atoms with Crippen LogP contribution in [0.2, 0.25) is 0 Å². The average Bonchev–Trinajstić information content (AvgIpc) is 2.29. The van der Waals surface area contributed by atoms with Crippen LogP contribution in [0.4, 0.5) is 4.79 Å². The Balaban J connectivity index is 2.13. The van der Waals surface area contributed by atoms with Crippen molar-refractivity contribution in [2.45, 2.75) is 12.8 Å². The van der Waals surface area contributed by atoms with Crippen molar-refractivity contribution in [2.24, 2.45) is 5.92 Å². The molecular weight excluding hydrogens is 214 g/mol. The number of amides is 1. The Kier molecular flexibility index (Phi) is 5.04. The van der Waals surface area contributed by atoms with Gasteiger partial charge < -0.3 is 19.5 Å². The monoisotopic (exact) mass is 231 g/mol. The number of ether oxygens (including phenoxy) is 2. The van der Waals surface area contributed by atoms with Crippen molar-refractivity contribution in [3.63, 3.8) is 0 Å². The van der Waals surface area contributed by atoms with E-state index in [1.54, 1.807) is 0 Å². The number of methoxy groups -OCH3 is 1. The van der Waals surface area contributed by atoms with Crippen LogP contribution in [-0.2, 0) is 14.3 Å². The molecule has 0 atom stereocenters. The minimum absolute atomic E-state index is 0.0321. The highest BCUT2D eigenvalue weighted by atomic mass is 16.6. The van der Waals surface area contributed by atoms with Gasteiger partial charge in [-0.2, -0.15) is 0 Å². The van der Waals surface area contributed by atoms with Crippen LogP contribution in [0.3, 0.4) is 0 Å². The molecular formula is C10H17NO5. The Morgan fingerprint density at radius 1 is 1.38 bits per heavy atom. The summed E-state index contributed by atoms with van der Waals surface area (Å²) in [6, 6.07) is 0. The fraction of sp³-hybridized carbons (Fsp3) is 0.800. The van der Waals surface area contributed by atoms with Crippen molar-refractivity contribution in [2.75, 3.05) is 33.4 Å². The minimum Gasteiger partial charge on any atom is -0.467 e. The summed E-state index contributed by atoms with van der Waals surface area (Å²) in [6.45, 7) is 1.54. The van der Waals surface area contributed by atoms with Gasteiger partial charge in [-0.1, -0.05) is 0 Å². The number of hydrogen-bond acceptors (Lipinski definition) is 4. The lowest BCUT2D eigenvalue weighted by Crippen LogP contribution is -2.38. The molecule has 1 aliphatic heterocycles. The van der Waals surface area contributed by atoms with Gasteiger partial charge in [0.1, 0.15) is 6.61 Å². The summed E-state index contributed by atoms with van der Waals surface area (Å²) < 4.78 is 9.62. The second kappa shape index (κ2) is 6.32. The molecule has 0 aromatic carbocycles. The first-order valence-electron chi connectivity index (χ1n) is 5.26. The number of nitrogens with zero attached hydrogens (tertiary/aromatic N) is 1. The van der Waals surface area contributed by atoms with Gasteiger partial charge in [-0.25, -0.2) is 9.59 Å². The van der Waals surface area contributed by atoms with Gasteiger partial charge in [-0.15, -0.1) is 0 Å². The molecule has 0 radical (unpaired) electrons. The third kappa shape index (κ3) is 4.06. The Morgan fingerprint density at radius 3 is 2.50 bits per heavy atom. The van der Waals surface area contributed by atoms with Crippen LogP contribution in [-0.4, -0.2) is 55.5 Å². The number of likely N-dealkylation sites (tertiary alicyclic amines) is 1. The SMILES string of the molecule is COC(=O)COCC1CCN(C(=O)O)CC1. The zero-order valence-electron chi connectivity index (χ0n) is 9.35. The number of carbonyl (C=O) groups is 2. The van der Waals surface area contributed by atoms with E-state index < -0.39 is 6.09 Å². The van der Waals surface area contributed by atoms with Gasteiger partial charge in [0.05, 0.1) is 13.7 Å². The van der Waals surface area contributed by atoms with Crippen LogP contribution in [0.25, 0.3) is 0 Å². The van der Waals surface area contributed by atoms with E-state index in [1.807, 2.05) is 0 Å². The third-order valence-electron chi connectivity index (χ3n) is 2.69. The molecule has 16 heavy (non-hydrogen) atoms. The molecule has 0 aromatic rings. The summed E-state index contributed by atoms with van der Waals surface area (Å²) in [5.74, 6) is -0.0526. The molecule has 0 aromatic heterocycles. The number of esters is 1. The second-order valence-electron chi connectivity index (χ2n) is 3.80.